The van der Waals surface area contributed by atoms with Gasteiger partial charge < -0.3 is 15.0 Å². The highest BCUT2D eigenvalue weighted by Crippen LogP contribution is 2.35. The van der Waals surface area contributed by atoms with Gasteiger partial charge in [0.25, 0.3) is 0 Å². The van der Waals surface area contributed by atoms with Crippen LogP contribution in [0.15, 0.2) is 28.8 Å². The highest BCUT2D eigenvalue weighted by molar-refractivity contribution is 5.61. The lowest BCUT2D eigenvalue weighted by molar-refractivity contribution is 0.397. The quantitative estimate of drug-likeness (QED) is 0.930. The molecule has 0 bridgehead atoms. The second-order valence-electron chi connectivity index (χ2n) is 5.89. The summed E-state index contributed by atoms with van der Waals surface area (Å²) in [5, 5.41) is 4.03. The maximum absolute atomic E-state index is 5.53. The summed E-state index contributed by atoms with van der Waals surface area (Å²) >= 11 is 0. The van der Waals surface area contributed by atoms with Gasteiger partial charge >= 0.3 is 0 Å². The van der Waals surface area contributed by atoms with Crippen molar-refractivity contribution < 1.29 is 9.26 Å². The highest BCUT2D eigenvalue weighted by atomic mass is 16.5. The fourth-order valence-electron chi connectivity index (χ4n) is 2.16. The van der Waals surface area contributed by atoms with E-state index in [4.69, 9.17) is 15.0 Å². The first-order valence-corrected chi connectivity index (χ1v) is 6.80. The van der Waals surface area contributed by atoms with Crippen molar-refractivity contribution in [2.75, 3.05) is 13.7 Å². The molecule has 1 aromatic carbocycles. The van der Waals surface area contributed by atoms with Crippen molar-refractivity contribution in [3.63, 3.8) is 0 Å². The van der Waals surface area contributed by atoms with Crippen LogP contribution in [0.1, 0.15) is 32.0 Å². The molecule has 2 rings (SSSR count). The van der Waals surface area contributed by atoms with Crippen LogP contribution in [0.25, 0.3) is 11.3 Å². The molecular weight excluding hydrogens is 252 g/mol. The molecule has 108 valence electrons. The Morgan fingerprint density at radius 2 is 2.00 bits per heavy atom. The lowest BCUT2D eigenvalue weighted by Crippen LogP contribution is -2.12. The smallest absolute Gasteiger partial charge is 0.167 e. The Balaban J connectivity index is 2.42. The third kappa shape index (κ3) is 3.02. The molecular formula is C16H22N2O2. The normalized spacial score (nSPS) is 11.7. The summed E-state index contributed by atoms with van der Waals surface area (Å²) in [4.78, 5) is 0. The molecule has 0 saturated carbocycles. The molecule has 0 aliphatic heterocycles. The third-order valence-corrected chi connectivity index (χ3v) is 3.25. The SMILES string of the molecule is COc1ccc(-c2cc(CCN)no2)cc1C(C)(C)C. The number of benzene rings is 1. The van der Waals surface area contributed by atoms with Gasteiger partial charge in [0, 0.05) is 23.6 Å². The lowest BCUT2D eigenvalue weighted by atomic mass is 9.85. The van der Waals surface area contributed by atoms with Crippen molar-refractivity contribution in [2.45, 2.75) is 32.6 Å². The molecule has 0 spiro atoms. The number of ether oxygens (including phenoxy) is 1. The molecule has 0 aliphatic carbocycles. The third-order valence-electron chi connectivity index (χ3n) is 3.25. The number of hydrogen-bond donors (Lipinski definition) is 1. The first-order valence-electron chi connectivity index (χ1n) is 6.80. The topological polar surface area (TPSA) is 61.3 Å². The van der Waals surface area contributed by atoms with Gasteiger partial charge in [-0.3, -0.25) is 0 Å². The Morgan fingerprint density at radius 3 is 2.60 bits per heavy atom. The van der Waals surface area contributed by atoms with Gasteiger partial charge in [0.2, 0.25) is 0 Å². The maximum atomic E-state index is 5.53. The molecule has 0 atom stereocenters. The van der Waals surface area contributed by atoms with Crippen LogP contribution in [0.4, 0.5) is 0 Å². The van der Waals surface area contributed by atoms with Crippen molar-refractivity contribution in [1.82, 2.24) is 5.16 Å². The molecule has 0 radical (unpaired) electrons. The van der Waals surface area contributed by atoms with Crippen LogP contribution in [0.3, 0.4) is 0 Å². The van der Waals surface area contributed by atoms with Crippen LogP contribution >= 0.6 is 0 Å². The second-order valence-corrected chi connectivity index (χ2v) is 5.89. The van der Waals surface area contributed by atoms with Crippen LogP contribution in [0.2, 0.25) is 0 Å². The van der Waals surface area contributed by atoms with Gasteiger partial charge in [0.05, 0.1) is 12.8 Å². The van der Waals surface area contributed by atoms with Crippen molar-refractivity contribution in [1.29, 1.82) is 0 Å². The van der Waals surface area contributed by atoms with E-state index in [0.29, 0.717) is 6.54 Å². The number of hydrogen-bond acceptors (Lipinski definition) is 4. The minimum atomic E-state index is 0.00145. The Labute approximate surface area is 119 Å². The van der Waals surface area contributed by atoms with Crippen LogP contribution in [0.5, 0.6) is 5.75 Å². The van der Waals surface area contributed by atoms with E-state index >= 15 is 0 Å². The molecule has 0 fully saturated rings. The average Bonchev–Trinajstić information content (AvgIpc) is 2.86. The average molecular weight is 274 g/mol. The van der Waals surface area contributed by atoms with Gasteiger partial charge in [-0.05, 0) is 30.2 Å². The Hall–Kier alpha value is -1.81. The van der Waals surface area contributed by atoms with Gasteiger partial charge in [-0.15, -0.1) is 0 Å². The lowest BCUT2D eigenvalue weighted by Gasteiger charge is -2.22. The predicted molar refractivity (Wildman–Crippen MR) is 79.9 cm³/mol. The molecule has 4 heteroatoms. The van der Waals surface area contributed by atoms with Crippen molar-refractivity contribution in [3.05, 3.63) is 35.5 Å². The van der Waals surface area contributed by atoms with Gasteiger partial charge in [-0.2, -0.15) is 0 Å². The van der Waals surface area contributed by atoms with E-state index in [0.717, 1.165) is 34.8 Å². The van der Waals surface area contributed by atoms with Crippen LogP contribution in [0, 0.1) is 0 Å². The van der Waals surface area contributed by atoms with Crippen molar-refractivity contribution in [3.8, 4) is 17.1 Å². The van der Waals surface area contributed by atoms with Gasteiger partial charge in [0.1, 0.15) is 5.75 Å². The molecule has 0 aliphatic rings. The molecule has 1 aromatic heterocycles. The molecule has 4 nitrogen and oxygen atoms in total. The number of nitrogens with two attached hydrogens (primary N) is 1. The summed E-state index contributed by atoms with van der Waals surface area (Å²) in [6.45, 7) is 7.06. The summed E-state index contributed by atoms with van der Waals surface area (Å²) in [5.41, 5.74) is 8.57. The van der Waals surface area contributed by atoms with Crippen LogP contribution in [-0.4, -0.2) is 18.8 Å². The van der Waals surface area contributed by atoms with Crippen molar-refractivity contribution in [2.24, 2.45) is 5.73 Å². The maximum Gasteiger partial charge on any atom is 0.167 e. The fourth-order valence-corrected chi connectivity index (χ4v) is 2.16. The monoisotopic (exact) mass is 274 g/mol. The highest BCUT2D eigenvalue weighted by Gasteiger charge is 2.20. The molecule has 2 N–H and O–H groups in total. The van der Waals surface area contributed by atoms with Crippen LogP contribution < -0.4 is 10.5 Å². The fraction of sp³-hybridized carbons (Fsp3) is 0.438. The molecule has 20 heavy (non-hydrogen) atoms. The van der Waals surface area contributed by atoms with Crippen LogP contribution in [-0.2, 0) is 11.8 Å². The number of aromatic nitrogens is 1. The van der Waals surface area contributed by atoms with E-state index in [9.17, 15) is 0 Å². The molecule has 0 saturated heterocycles. The second kappa shape index (κ2) is 5.67. The number of nitrogens with zero attached hydrogens (tertiary/aromatic N) is 1. The van der Waals surface area contributed by atoms with Gasteiger partial charge in [-0.1, -0.05) is 25.9 Å². The molecule has 2 aromatic rings. The van der Waals surface area contributed by atoms with E-state index < -0.39 is 0 Å². The van der Waals surface area contributed by atoms with Gasteiger partial charge in [0.15, 0.2) is 5.76 Å². The Morgan fingerprint density at radius 1 is 1.25 bits per heavy atom. The zero-order chi connectivity index (χ0) is 14.8. The zero-order valence-corrected chi connectivity index (χ0v) is 12.6. The minimum absolute atomic E-state index is 0.00145. The predicted octanol–water partition coefficient (Wildman–Crippen LogP) is 3.15. The first-order chi connectivity index (χ1) is 9.45. The molecule has 0 unspecified atom stereocenters. The van der Waals surface area contributed by atoms with E-state index in [1.807, 2.05) is 18.2 Å². The number of rotatable bonds is 4. The molecule has 1 heterocycles. The minimum Gasteiger partial charge on any atom is -0.496 e. The first kappa shape index (κ1) is 14.6. The zero-order valence-electron chi connectivity index (χ0n) is 12.6. The summed E-state index contributed by atoms with van der Waals surface area (Å²) in [5.74, 6) is 1.66. The Kier molecular flexibility index (Phi) is 4.14. The Bertz CT molecular complexity index is 582. The summed E-state index contributed by atoms with van der Waals surface area (Å²) in [7, 11) is 1.69. The van der Waals surface area contributed by atoms with E-state index in [2.05, 4.69) is 32.0 Å². The van der Waals surface area contributed by atoms with Crippen molar-refractivity contribution >= 4 is 0 Å². The standard InChI is InChI=1S/C16H22N2O2/c1-16(2,3)13-9-11(5-6-14(13)19-4)15-10-12(7-8-17)18-20-15/h5-6,9-10H,7-8,17H2,1-4H3. The summed E-state index contributed by atoms with van der Waals surface area (Å²) in [6, 6.07) is 8.01. The van der Waals surface area contributed by atoms with Gasteiger partial charge in [-0.25, -0.2) is 0 Å². The van der Waals surface area contributed by atoms with E-state index in [-0.39, 0.29) is 5.41 Å². The molecule has 0 amide bonds. The van der Waals surface area contributed by atoms with E-state index in [1.165, 1.54) is 0 Å². The summed E-state index contributed by atoms with van der Waals surface area (Å²) in [6.07, 6.45) is 0.728. The summed E-state index contributed by atoms with van der Waals surface area (Å²) < 4.78 is 10.8. The largest absolute Gasteiger partial charge is 0.496 e. The number of methoxy groups -OCH3 is 1. The van der Waals surface area contributed by atoms with E-state index in [1.54, 1.807) is 7.11 Å².